The molecule has 5 nitrogen and oxygen atoms in total. The van der Waals surface area contributed by atoms with Gasteiger partial charge in [0.1, 0.15) is 0 Å². The number of anilines is 1. The average Bonchev–Trinajstić information content (AvgIpc) is 2.92. The molecule has 0 fully saturated rings. The number of nitrogens with two attached hydrogens (primary N) is 1. The molecule has 2 aromatic rings. The van der Waals surface area contributed by atoms with Gasteiger partial charge in [-0.2, -0.15) is 0 Å². The molecule has 0 unspecified atom stereocenters. The standard InChI is InChI=1S/C16H22N4OS.HI/c1-12-11-22-15(19-12)8-5-9-18-16(17)20-14-7-4-3-6-13(14)10-21-2;/h3-4,6-7,11H,5,8-10H2,1-2H3,(H3,17,18,20);1H. The van der Waals surface area contributed by atoms with Gasteiger partial charge in [0.2, 0.25) is 0 Å². The zero-order valence-electron chi connectivity index (χ0n) is 13.4. The average molecular weight is 446 g/mol. The topological polar surface area (TPSA) is 72.5 Å². The first-order chi connectivity index (χ1) is 10.7. The normalized spacial score (nSPS) is 11.1. The minimum absolute atomic E-state index is 0. The first-order valence-electron chi connectivity index (χ1n) is 7.24. The van der Waals surface area contributed by atoms with Gasteiger partial charge >= 0.3 is 0 Å². The van der Waals surface area contributed by atoms with Gasteiger partial charge in [-0.25, -0.2) is 4.98 Å². The van der Waals surface area contributed by atoms with E-state index < -0.39 is 0 Å². The van der Waals surface area contributed by atoms with Crippen LogP contribution >= 0.6 is 35.3 Å². The second-order valence-electron chi connectivity index (χ2n) is 4.97. The van der Waals surface area contributed by atoms with Gasteiger partial charge in [0.05, 0.1) is 11.6 Å². The number of benzene rings is 1. The zero-order chi connectivity index (χ0) is 15.8. The molecule has 0 aliphatic carbocycles. The van der Waals surface area contributed by atoms with Crippen molar-refractivity contribution in [1.29, 1.82) is 0 Å². The van der Waals surface area contributed by atoms with Crippen molar-refractivity contribution < 1.29 is 4.74 Å². The first kappa shape index (κ1) is 19.9. The Morgan fingerprint density at radius 1 is 1.39 bits per heavy atom. The van der Waals surface area contributed by atoms with Gasteiger partial charge in [-0.05, 0) is 19.4 Å². The molecule has 2 rings (SSSR count). The summed E-state index contributed by atoms with van der Waals surface area (Å²) in [6.07, 6.45) is 1.88. The first-order valence-corrected chi connectivity index (χ1v) is 8.12. The van der Waals surface area contributed by atoms with Crippen LogP contribution in [0.1, 0.15) is 22.7 Å². The highest BCUT2D eigenvalue weighted by molar-refractivity contribution is 14.0. The van der Waals surface area contributed by atoms with E-state index in [1.54, 1.807) is 18.4 Å². The molecule has 3 N–H and O–H groups in total. The number of aryl methyl sites for hydroxylation is 2. The molecule has 0 amide bonds. The number of guanidine groups is 1. The molecule has 0 saturated carbocycles. The number of nitrogens with one attached hydrogen (secondary N) is 1. The van der Waals surface area contributed by atoms with E-state index in [0.717, 1.165) is 34.8 Å². The summed E-state index contributed by atoms with van der Waals surface area (Å²) in [6, 6.07) is 7.90. The lowest BCUT2D eigenvalue weighted by atomic mass is 10.2. The van der Waals surface area contributed by atoms with Crippen molar-refractivity contribution >= 4 is 47.0 Å². The molecule has 1 aromatic carbocycles. The summed E-state index contributed by atoms with van der Waals surface area (Å²) in [5.41, 5.74) is 9.01. The number of aromatic nitrogens is 1. The Balaban J connectivity index is 0.00000264. The third-order valence-corrected chi connectivity index (χ3v) is 4.10. The van der Waals surface area contributed by atoms with Crippen LogP contribution in [0.2, 0.25) is 0 Å². The molecule has 7 heteroatoms. The van der Waals surface area contributed by atoms with E-state index in [9.17, 15) is 0 Å². The zero-order valence-corrected chi connectivity index (χ0v) is 16.6. The van der Waals surface area contributed by atoms with Crippen LogP contribution in [0.3, 0.4) is 0 Å². The van der Waals surface area contributed by atoms with E-state index in [0.29, 0.717) is 19.1 Å². The van der Waals surface area contributed by atoms with E-state index in [4.69, 9.17) is 10.5 Å². The van der Waals surface area contributed by atoms with Crippen LogP contribution < -0.4 is 11.1 Å². The predicted molar refractivity (Wildman–Crippen MR) is 108 cm³/mol. The largest absolute Gasteiger partial charge is 0.380 e. The fourth-order valence-corrected chi connectivity index (χ4v) is 2.87. The Hall–Kier alpha value is -1.19. The summed E-state index contributed by atoms with van der Waals surface area (Å²) >= 11 is 1.70. The summed E-state index contributed by atoms with van der Waals surface area (Å²) in [7, 11) is 1.68. The molecular formula is C16H23IN4OS. The molecule has 0 radical (unpaired) electrons. The maximum atomic E-state index is 5.94. The van der Waals surface area contributed by atoms with Gasteiger partial charge < -0.3 is 15.8 Å². The van der Waals surface area contributed by atoms with Crippen LogP contribution in [0.4, 0.5) is 5.69 Å². The molecule has 0 atom stereocenters. The number of methoxy groups -OCH3 is 1. The number of hydrogen-bond acceptors (Lipinski definition) is 4. The van der Waals surface area contributed by atoms with Crippen LogP contribution in [0.15, 0.2) is 34.6 Å². The maximum Gasteiger partial charge on any atom is 0.193 e. The van der Waals surface area contributed by atoms with E-state index in [-0.39, 0.29) is 24.0 Å². The Morgan fingerprint density at radius 3 is 2.87 bits per heavy atom. The fraction of sp³-hybridized carbons (Fsp3) is 0.375. The Labute approximate surface area is 158 Å². The molecule has 1 aromatic heterocycles. The summed E-state index contributed by atoms with van der Waals surface area (Å²) in [5.74, 6) is 0.430. The van der Waals surface area contributed by atoms with E-state index in [2.05, 4.69) is 20.7 Å². The van der Waals surface area contributed by atoms with Gasteiger partial charge in [-0.15, -0.1) is 35.3 Å². The smallest absolute Gasteiger partial charge is 0.193 e. The number of nitrogens with zero attached hydrogens (tertiary/aromatic N) is 2. The number of ether oxygens (including phenoxy) is 1. The third-order valence-electron chi connectivity index (χ3n) is 3.08. The summed E-state index contributed by atoms with van der Waals surface area (Å²) in [4.78, 5) is 8.80. The number of aliphatic imine (C=N–C) groups is 1. The summed E-state index contributed by atoms with van der Waals surface area (Å²) in [6.45, 7) is 3.24. The molecule has 23 heavy (non-hydrogen) atoms. The van der Waals surface area contributed by atoms with E-state index in [1.807, 2.05) is 31.2 Å². The van der Waals surface area contributed by atoms with Crippen LogP contribution in [0.5, 0.6) is 0 Å². The fourth-order valence-electron chi connectivity index (χ4n) is 2.05. The van der Waals surface area contributed by atoms with Crippen molar-refractivity contribution in [2.24, 2.45) is 10.7 Å². The quantitative estimate of drug-likeness (QED) is 0.295. The molecule has 1 heterocycles. The van der Waals surface area contributed by atoms with Crippen molar-refractivity contribution in [1.82, 2.24) is 4.98 Å². The van der Waals surface area contributed by atoms with Crippen molar-refractivity contribution in [2.75, 3.05) is 19.0 Å². The van der Waals surface area contributed by atoms with Crippen LogP contribution in [-0.2, 0) is 17.8 Å². The van der Waals surface area contributed by atoms with Gasteiger partial charge in [0.15, 0.2) is 5.96 Å². The van der Waals surface area contributed by atoms with Crippen molar-refractivity contribution in [3.05, 3.63) is 45.9 Å². The minimum Gasteiger partial charge on any atom is -0.380 e. The molecule has 0 aliphatic heterocycles. The van der Waals surface area contributed by atoms with Crippen molar-refractivity contribution in [3.8, 4) is 0 Å². The third kappa shape index (κ3) is 6.84. The number of rotatable bonds is 7. The van der Waals surface area contributed by atoms with Gasteiger partial charge in [-0.3, -0.25) is 4.99 Å². The lowest BCUT2D eigenvalue weighted by molar-refractivity contribution is 0.185. The second-order valence-corrected chi connectivity index (χ2v) is 5.91. The highest BCUT2D eigenvalue weighted by Crippen LogP contribution is 2.15. The highest BCUT2D eigenvalue weighted by atomic mass is 127. The van der Waals surface area contributed by atoms with Gasteiger partial charge in [0, 0.05) is 42.4 Å². The molecule has 126 valence electrons. The van der Waals surface area contributed by atoms with Gasteiger partial charge in [0.25, 0.3) is 0 Å². The van der Waals surface area contributed by atoms with E-state index >= 15 is 0 Å². The lowest BCUT2D eigenvalue weighted by Gasteiger charge is -2.10. The van der Waals surface area contributed by atoms with Crippen LogP contribution in [0, 0.1) is 6.92 Å². The second kappa shape index (κ2) is 10.6. The SMILES string of the molecule is COCc1ccccc1NC(N)=NCCCc1nc(C)cs1.I. The highest BCUT2D eigenvalue weighted by Gasteiger charge is 2.02. The summed E-state index contributed by atoms with van der Waals surface area (Å²) < 4.78 is 5.17. The number of halogens is 1. The van der Waals surface area contributed by atoms with Crippen LogP contribution in [0.25, 0.3) is 0 Å². The Morgan fingerprint density at radius 2 is 2.17 bits per heavy atom. The van der Waals surface area contributed by atoms with Crippen LogP contribution in [-0.4, -0.2) is 24.6 Å². The van der Waals surface area contributed by atoms with Crippen molar-refractivity contribution in [3.63, 3.8) is 0 Å². The predicted octanol–water partition coefficient (Wildman–Crippen LogP) is 3.58. The molecule has 0 aliphatic rings. The molecular weight excluding hydrogens is 423 g/mol. The molecule has 0 spiro atoms. The maximum absolute atomic E-state index is 5.94. The number of hydrogen-bond donors (Lipinski definition) is 2. The monoisotopic (exact) mass is 446 g/mol. The number of para-hydroxylation sites is 1. The molecule has 0 saturated heterocycles. The number of thiazole rings is 1. The van der Waals surface area contributed by atoms with Crippen molar-refractivity contribution in [2.45, 2.75) is 26.4 Å². The lowest BCUT2D eigenvalue weighted by Crippen LogP contribution is -2.23. The van der Waals surface area contributed by atoms with E-state index in [1.165, 1.54) is 0 Å². The minimum atomic E-state index is 0. The van der Waals surface area contributed by atoms with Gasteiger partial charge in [-0.1, -0.05) is 18.2 Å². The molecule has 0 bridgehead atoms. The summed E-state index contributed by atoms with van der Waals surface area (Å²) in [5, 5.41) is 6.36. The Kier molecular flexibility index (Phi) is 9.12. The Bertz CT molecular complexity index is 630.